The van der Waals surface area contributed by atoms with Gasteiger partial charge in [0, 0.05) is 28.0 Å². The highest BCUT2D eigenvalue weighted by molar-refractivity contribution is 7.98. The summed E-state index contributed by atoms with van der Waals surface area (Å²) in [6.07, 6.45) is 0. The standard InChI is InChI=1S/C15H17N3O2S/c1-20-13-8-11(16)6-7-14(13)21-9-10-4-2-3-5-12(10)15(19)18-17/h2-8H,9,16-17H2,1H3,(H,18,19). The molecule has 5 nitrogen and oxygen atoms in total. The first-order valence-electron chi connectivity index (χ1n) is 6.31. The molecule has 0 atom stereocenters. The number of thioether (sulfide) groups is 1. The number of nitrogens with two attached hydrogens (primary N) is 2. The Morgan fingerprint density at radius 1 is 1.29 bits per heavy atom. The van der Waals surface area contributed by atoms with Crippen LogP contribution < -0.4 is 21.7 Å². The molecule has 0 aliphatic rings. The molecule has 21 heavy (non-hydrogen) atoms. The van der Waals surface area contributed by atoms with Crippen LogP contribution in [0.5, 0.6) is 5.75 Å². The van der Waals surface area contributed by atoms with Crippen molar-refractivity contribution in [3.63, 3.8) is 0 Å². The van der Waals surface area contributed by atoms with Crippen molar-refractivity contribution in [2.24, 2.45) is 5.84 Å². The molecular weight excluding hydrogens is 286 g/mol. The van der Waals surface area contributed by atoms with E-state index < -0.39 is 0 Å². The van der Waals surface area contributed by atoms with Crippen molar-refractivity contribution in [2.45, 2.75) is 10.6 Å². The normalized spacial score (nSPS) is 10.2. The van der Waals surface area contributed by atoms with Gasteiger partial charge in [-0.3, -0.25) is 10.2 Å². The summed E-state index contributed by atoms with van der Waals surface area (Å²) in [5.74, 6) is 6.26. The number of hydrogen-bond acceptors (Lipinski definition) is 5. The molecule has 2 aromatic rings. The van der Waals surface area contributed by atoms with Gasteiger partial charge < -0.3 is 10.5 Å². The van der Waals surface area contributed by atoms with Crippen molar-refractivity contribution in [1.82, 2.24) is 5.43 Å². The zero-order valence-electron chi connectivity index (χ0n) is 11.6. The van der Waals surface area contributed by atoms with Crippen LogP contribution in [0.25, 0.3) is 0 Å². The van der Waals surface area contributed by atoms with Crippen molar-refractivity contribution in [3.05, 3.63) is 53.6 Å². The number of hydrogen-bond donors (Lipinski definition) is 3. The maximum atomic E-state index is 11.7. The smallest absolute Gasteiger partial charge is 0.265 e. The van der Waals surface area contributed by atoms with Gasteiger partial charge in [0.15, 0.2) is 0 Å². The second-order valence-corrected chi connectivity index (χ2v) is 5.35. The largest absolute Gasteiger partial charge is 0.496 e. The van der Waals surface area contributed by atoms with Gasteiger partial charge in [-0.15, -0.1) is 11.8 Å². The van der Waals surface area contributed by atoms with Crippen LogP contribution >= 0.6 is 11.8 Å². The fraction of sp³-hybridized carbons (Fsp3) is 0.133. The molecule has 0 unspecified atom stereocenters. The van der Waals surface area contributed by atoms with Gasteiger partial charge in [0.2, 0.25) is 0 Å². The van der Waals surface area contributed by atoms with E-state index in [9.17, 15) is 4.79 Å². The van der Waals surface area contributed by atoms with Gasteiger partial charge in [-0.25, -0.2) is 5.84 Å². The monoisotopic (exact) mass is 303 g/mol. The number of carbonyl (C=O) groups is 1. The van der Waals surface area contributed by atoms with E-state index in [1.807, 2.05) is 30.3 Å². The minimum absolute atomic E-state index is 0.296. The molecule has 0 radical (unpaired) electrons. The number of carbonyl (C=O) groups excluding carboxylic acids is 1. The minimum Gasteiger partial charge on any atom is -0.496 e. The molecule has 2 rings (SSSR count). The molecule has 0 spiro atoms. The lowest BCUT2D eigenvalue weighted by Crippen LogP contribution is -2.30. The predicted molar refractivity (Wildman–Crippen MR) is 85.1 cm³/mol. The average Bonchev–Trinajstić information content (AvgIpc) is 2.53. The van der Waals surface area contributed by atoms with Crippen LogP contribution in [0.4, 0.5) is 5.69 Å². The van der Waals surface area contributed by atoms with Gasteiger partial charge in [-0.1, -0.05) is 18.2 Å². The lowest BCUT2D eigenvalue weighted by Gasteiger charge is -2.11. The molecule has 0 aromatic heterocycles. The Hall–Kier alpha value is -2.18. The first-order chi connectivity index (χ1) is 10.2. The minimum atomic E-state index is -0.296. The Labute approximate surface area is 127 Å². The summed E-state index contributed by atoms with van der Waals surface area (Å²) in [5.41, 5.74) is 10.0. The van der Waals surface area contributed by atoms with Crippen LogP contribution in [0.1, 0.15) is 15.9 Å². The fourth-order valence-corrected chi connectivity index (χ4v) is 2.92. The number of benzene rings is 2. The molecule has 0 aliphatic heterocycles. The molecule has 0 aliphatic carbocycles. The van der Waals surface area contributed by atoms with Crippen molar-refractivity contribution < 1.29 is 9.53 Å². The maximum Gasteiger partial charge on any atom is 0.265 e. The lowest BCUT2D eigenvalue weighted by atomic mass is 10.1. The first kappa shape index (κ1) is 15.2. The van der Waals surface area contributed by atoms with E-state index in [4.69, 9.17) is 16.3 Å². The van der Waals surface area contributed by atoms with Gasteiger partial charge in [0.05, 0.1) is 7.11 Å². The van der Waals surface area contributed by atoms with Crippen LogP contribution in [-0.2, 0) is 5.75 Å². The third kappa shape index (κ3) is 3.68. The van der Waals surface area contributed by atoms with Crippen LogP contribution in [0.3, 0.4) is 0 Å². The number of hydrazine groups is 1. The van der Waals surface area contributed by atoms with E-state index in [0.29, 0.717) is 17.0 Å². The maximum absolute atomic E-state index is 11.7. The Morgan fingerprint density at radius 2 is 2.05 bits per heavy atom. The third-order valence-corrected chi connectivity index (χ3v) is 4.07. The van der Waals surface area contributed by atoms with Crippen LogP contribution in [0.15, 0.2) is 47.4 Å². The molecule has 0 bridgehead atoms. The van der Waals surface area contributed by atoms with E-state index in [2.05, 4.69) is 5.43 Å². The average molecular weight is 303 g/mol. The summed E-state index contributed by atoms with van der Waals surface area (Å²) in [5, 5.41) is 0. The first-order valence-corrected chi connectivity index (χ1v) is 7.29. The number of methoxy groups -OCH3 is 1. The molecule has 6 heteroatoms. The van der Waals surface area contributed by atoms with Gasteiger partial charge >= 0.3 is 0 Å². The Bertz CT molecular complexity index is 647. The molecule has 1 amide bonds. The highest BCUT2D eigenvalue weighted by Gasteiger charge is 2.11. The van der Waals surface area contributed by atoms with E-state index >= 15 is 0 Å². The second kappa shape index (κ2) is 7.01. The topological polar surface area (TPSA) is 90.4 Å². The number of nitrogens with one attached hydrogen (secondary N) is 1. The zero-order valence-corrected chi connectivity index (χ0v) is 12.4. The summed E-state index contributed by atoms with van der Waals surface area (Å²) in [4.78, 5) is 12.7. The SMILES string of the molecule is COc1cc(N)ccc1SCc1ccccc1C(=O)NN. The Kier molecular flexibility index (Phi) is 5.08. The van der Waals surface area contributed by atoms with E-state index in [-0.39, 0.29) is 5.91 Å². The molecule has 5 N–H and O–H groups in total. The van der Waals surface area contributed by atoms with Crippen LogP contribution in [-0.4, -0.2) is 13.0 Å². The molecule has 0 saturated heterocycles. The molecule has 0 heterocycles. The number of nitrogen functional groups attached to an aromatic ring is 2. The summed E-state index contributed by atoms with van der Waals surface area (Å²) < 4.78 is 5.31. The van der Waals surface area contributed by atoms with Crippen LogP contribution in [0.2, 0.25) is 0 Å². The number of rotatable bonds is 5. The number of amides is 1. The van der Waals surface area contributed by atoms with Crippen molar-refractivity contribution in [2.75, 3.05) is 12.8 Å². The Balaban J connectivity index is 2.19. The second-order valence-electron chi connectivity index (χ2n) is 4.33. The van der Waals surface area contributed by atoms with E-state index in [0.717, 1.165) is 16.2 Å². The zero-order chi connectivity index (χ0) is 15.2. The van der Waals surface area contributed by atoms with Gasteiger partial charge in [-0.2, -0.15) is 0 Å². The summed E-state index contributed by atoms with van der Waals surface area (Å²) in [6, 6.07) is 12.9. The fourth-order valence-electron chi connectivity index (χ4n) is 1.90. The molecular formula is C15H17N3O2S. The quantitative estimate of drug-likeness (QED) is 0.259. The van der Waals surface area contributed by atoms with Crippen molar-refractivity contribution in [1.29, 1.82) is 0 Å². The lowest BCUT2D eigenvalue weighted by molar-refractivity contribution is 0.0953. The molecule has 110 valence electrons. The molecule has 0 saturated carbocycles. The third-order valence-electron chi connectivity index (χ3n) is 2.96. The van der Waals surface area contributed by atoms with Crippen LogP contribution in [0, 0.1) is 0 Å². The van der Waals surface area contributed by atoms with E-state index in [1.165, 1.54) is 0 Å². The summed E-state index contributed by atoms with van der Waals surface area (Å²) >= 11 is 1.57. The highest BCUT2D eigenvalue weighted by atomic mass is 32.2. The highest BCUT2D eigenvalue weighted by Crippen LogP contribution is 2.33. The van der Waals surface area contributed by atoms with Gasteiger partial charge in [0.25, 0.3) is 5.91 Å². The van der Waals surface area contributed by atoms with Gasteiger partial charge in [-0.05, 0) is 23.8 Å². The molecule has 2 aromatic carbocycles. The predicted octanol–water partition coefficient (Wildman–Crippen LogP) is 2.17. The number of anilines is 1. The van der Waals surface area contributed by atoms with E-state index in [1.54, 1.807) is 31.0 Å². The van der Waals surface area contributed by atoms with Crippen molar-refractivity contribution in [3.8, 4) is 5.75 Å². The number of ether oxygens (including phenoxy) is 1. The summed E-state index contributed by atoms with van der Waals surface area (Å²) in [7, 11) is 1.61. The Morgan fingerprint density at radius 3 is 2.76 bits per heavy atom. The van der Waals surface area contributed by atoms with Crippen molar-refractivity contribution >= 4 is 23.4 Å². The molecule has 0 fully saturated rings. The summed E-state index contributed by atoms with van der Waals surface area (Å²) in [6.45, 7) is 0. The van der Waals surface area contributed by atoms with Gasteiger partial charge in [0.1, 0.15) is 5.75 Å².